The van der Waals surface area contributed by atoms with Gasteiger partial charge in [-0.2, -0.15) is 0 Å². The number of amides is 1. The largest absolute Gasteiger partial charge is 0.370 e. The van der Waals surface area contributed by atoms with Crippen molar-refractivity contribution in [1.82, 2.24) is 15.2 Å². The Kier molecular flexibility index (Phi) is 5.12. The summed E-state index contributed by atoms with van der Waals surface area (Å²) >= 11 is 4.69. The molecule has 0 radical (unpaired) electrons. The van der Waals surface area contributed by atoms with Gasteiger partial charge >= 0.3 is 0 Å². The zero-order valence-electron chi connectivity index (χ0n) is 11.7. The summed E-state index contributed by atoms with van der Waals surface area (Å²) in [6.07, 6.45) is 2.01. The molecule has 0 aliphatic carbocycles. The molecule has 1 saturated heterocycles. The maximum atomic E-state index is 12.0. The van der Waals surface area contributed by atoms with E-state index >= 15 is 0 Å². The number of benzene rings is 1. The van der Waals surface area contributed by atoms with Crippen LogP contribution in [0.4, 0.5) is 5.69 Å². The van der Waals surface area contributed by atoms with Crippen molar-refractivity contribution in [2.24, 2.45) is 0 Å². The van der Waals surface area contributed by atoms with Crippen molar-refractivity contribution in [2.45, 2.75) is 24.1 Å². The van der Waals surface area contributed by atoms with Crippen molar-refractivity contribution < 1.29 is 9.53 Å². The van der Waals surface area contributed by atoms with Crippen molar-refractivity contribution >= 4 is 39.3 Å². The monoisotopic (exact) mass is 382 g/mol. The van der Waals surface area contributed by atoms with E-state index in [1.807, 2.05) is 24.3 Å². The predicted molar refractivity (Wildman–Crippen MR) is 87.8 cm³/mol. The van der Waals surface area contributed by atoms with Crippen LogP contribution in [0.25, 0.3) is 0 Å². The third-order valence-corrected chi connectivity index (χ3v) is 4.74. The third kappa shape index (κ3) is 3.88. The SMILES string of the molecule is O=C(CSc1n[nH]c([C@@H]2CCCO2)n1)Nc1ccccc1Br. The number of nitrogens with zero attached hydrogens (tertiary/aromatic N) is 2. The van der Waals surface area contributed by atoms with Gasteiger partial charge in [0.2, 0.25) is 11.1 Å². The van der Waals surface area contributed by atoms with Gasteiger partial charge in [-0.15, -0.1) is 5.10 Å². The highest BCUT2D eigenvalue weighted by Gasteiger charge is 2.21. The maximum absolute atomic E-state index is 12.0. The van der Waals surface area contributed by atoms with Crippen LogP contribution in [-0.2, 0) is 9.53 Å². The van der Waals surface area contributed by atoms with Gasteiger partial charge in [0.15, 0.2) is 5.82 Å². The van der Waals surface area contributed by atoms with E-state index in [4.69, 9.17) is 4.74 Å². The van der Waals surface area contributed by atoms with E-state index in [1.54, 1.807) is 0 Å². The van der Waals surface area contributed by atoms with Crippen molar-refractivity contribution in [3.8, 4) is 0 Å². The molecule has 22 heavy (non-hydrogen) atoms. The molecule has 6 nitrogen and oxygen atoms in total. The van der Waals surface area contributed by atoms with Gasteiger partial charge in [0.25, 0.3) is 0 Å². The van der Waals surface area contributed by atoms with Crippen LogP contribution in [0.3, 0.4) is 0 Å². The molecule has 0 bridgehead atoms. The van der Waals surface area contributed by atoms with E-state index in [0.29, 0.717) is 5.16 Å². The lowest BCUT2D eigenvalue weighted by molar-refractivity contribution is -0.113. The normalized spacial score (nSPS) is 17.6. The van der Waals surface area contributed by atoms with Crippen LogP contribution >= 0.6 is 27.7 Å². The number of aromatic nitrogens is 3. The molecule has 0 saturated carbocycles. The molecule has 2 heterocycles. The lowest BCUT2D eigenvalue weighted by Crippen LogP contribution is -2.14. The second-order valence-electron chi connectivity index (χ2n) is 4.82. The number of H-pyrrole nitrogens is 1. The Balaban J connectivity index is 1.52. The van der Waals surface area contributed by atoms with Gasteiger partial charge in [-0.3, -0.25) is 9.89 Å². The van der Waals surface area contributed by atoms with E-state index in [1.165, 1.54) is 11.8 Å². The minimum atomic E-state index is -0.0969. The number of carbonyl (C=O) groups excluding carboxylic acids is 1. The lowest BCUT2D eigenvalue weighted by Gasteiger charge is -2.05. The highest BCUT2D eigenvalue weighted by Crippen LogP contribution is 2.27. The Bertz CT molecular complexity index is 658. The molecule has 1 aromatic heterocycles. The molecule has 2 N–H and O–H groups in total. The quantitative estimate of drug-likeness (QED) is 0.776. The number of halogens is 1. The summed E-state index contributed by atoms with van der Waals surface area (Å²) in [5.74, 6) is 0.899. The van der Waals surface area contributed by atoms with Gasteiger partial charge < -0.3 is 10.1 Å². The lowest BCUT2D eigenvalue weighted by atomic mass is 10.2. The van der Waals surface area contributed by atoms with E-state index in [9.17, 15) is 4.79 Å². The molecule has 0 unspecified atom stereocenters. The van der Waals surface area contributed by atoms with Gasteiger partial charge in [-0.05, 0) is 40.9 Å². The molecule has 8 heteroatoms. The fourth-order valence-corrected chi connectivity index (χ4v) is 3.13. The van der Waals surface area contributed by atoms with Crippen molar-refractivity contribution in [3.05, 3.63) is 34.6 Å². The van der Waals surface area contributed by atoms with Gasteiger partial charge in [0.1, 0.15) is 6.10 Å². The zero-order chi connectivity index (χ0) is 15.4. The molecule has 1 atom stereocenters. The molecule has 1 fully saturated rings. The highest BCUT2D eigenvalue weighted by molar-refractivity contribution is 9.10. The Morgan fingerprint density at radius 2 is 2.36 bits per heavy atom. The average Bonchev–Trinajstić information content (AvgIpc) is 3.18. The zero-order valence-corrected chi connectivity index (χ0v) is 14.1. The molecular formula is C14H15BrN4O2S. The minimum absolute atomic E-state index is 0.0101. The summed E-state index contributed by atoms with van der Waals surface area (Å²) in [6.45, 7) is 0.766. The van der Waals surface area contributed by atoms with E-state index in [-0.39, 0.29) is 17.8 Å². The van der Waals surface area contributed by atoms with Crippen molar-refractivity contribution in [2.75, 3.05) is 17.7 Å². The molecule has 0 spiro atoms. The van der Waals surface area contributed by atoms with Gasteiger partial charge in [0.05, 0.1) is 11.4 Å². The van der Waals surface area contributed by atoms with Crippen LogP contribution in [0, 0.1) is 0 Å². The minimum Gasteiger partial charge on any atom is -0.370 e. The van der Waals surface area contributed by atoms with Crippen LogP contribution in [0.1, 0.15) is 24.8 Å². The Morgan fingerprint density at radius 3 is 3.14 bits per heavy atom. The standard InChI is InChI=1S/C14H15BrN4O2S/c15-9-4-1-2-5-10(9)16-12(20)8-22-14-17-13(18-19-14)11-6-3-7-21-11/h1-2,4-5,11H,3,6-8H2,(H,16,20)(H,17,18,19)/t11-/m0/s1. The number of carbonyl (C=O) groups is 1. The number of hydrogen-bond acceptors (Lipinski definition) is 5. The van der Waals surface area contributed by atoms with E-state index in [0.717, 1.165) is 35.4 Å². The number of nitrogens with one attached hydrogen (secondary N) is 2. The van der Waals surface area contributed by atoms with Crippen LogP contribution in [0.15, 0.2) is 33.9 Å². The third-order valence-electron chi connectivity index (χ3n) is 3.20. The molecular weight excluding hydrogens is 368 g/mol. The molecule has 1 aromatic carbocycles. The summed E-state index contributed by atoms with van der Waals surface area (Å²) in [5, 5.41) is 10.4. The van der Waals surface area contributed by atoms with Gasteiger partial charge in [0, 0.05) is 11.1 Å². The first kappa shape index (κ1) is 15.5. The molecule has 116 valence electrons. The summed E-state index contributed by atoms with van der Waals surface area (Å²) in [4.78, 5) is 16.3. The number of hydrogen-bond donors (Lipinski definition) is 2. The van der Waals surface area contributed by atoms with Gasteiger partial charge in [-0.25, -0.2) is 4.98 Å². The highest BCUT2D eigenvalue weighted by atomic mass is 79.9. The molecule has 1 aliphatic rings. The Labute approximate surface area is 140 Å². The topological polar surface area (TPSA) is 79.9 Å². The number of ether oxygens (including phenoxy) is 1. The van der Waals surface area contributed by atoms with Crippen LogP contribution in [0.2, 0.25) is 0 Å². The first-order valence-electron chi connectivity index (χ1n) is 6.93. The number of anilines is 1. The van der Waals surface area contributed by atoms with Crippen LogP contribution in [0.5, 0.6) is 0 Å². The Hall–Kier alpha value is -1.38. The molecule has 1 amide bonds. The predicted octanol–water partition coefficient (Wildman–Crippen LogP) is 3.15. The van der Waals surface area contributed by atoms with Crippen LogP contribution < -0.4 is 5.32 Å². The number of rotatable bonds is 5. The molecule has 1 aliphatic heterocycles. The maximum Gasteiger partial charge on any atom is 0.234 e. The molecule has 2 aromatic rings. The summed E-state index contributed by atoms with van der Waals surface area (Å²) in [6, 6.07) is 7.49. The summed E-state index contributed by atoms with van der Waals surface area (Å²) in [5.41, 5.74) is 0.753. The van der Waals surface area contributed by atoms with Crippen molar-refractivity contribution in [3.63, 3.8) is 0 Å². The van der Waals surface area contributed by atoms with Gasteiger partial charge in [-0.1, -0.05) is 23.9 Å². The van der Waals surface area contributed by atoms with E-state index in [2.05, 4.69) is 36.4 Å². The Morgan fingerprint density at radius 1 is 1.50 bits per heavy atom. The number of thioether (sulfide) groups is 1. The second-order valence-corrected chi connectivity index (χ2v) is 6.62. The first-order chi connectivity index (χ1) is 10.7. The smallest absolute Gasteiger partial charge is 0.234 e. The fourth-order valence-electron chi connectivity index (χ4n) is 2.14. The number of para-hydroxylation sites is 1. The summed E-state index contributed by atoms with van der Waals surface area (Å²) < 4.78 is 6.40. The second kappa shape index (κ2) is 7.26. The van der Waals surface area contributed by atoms with Crippen LogP contribution in [-0.4, -0.2) is 33.4 Å². The fraction of sp³-hybridized carbons (Fsp3) is 0.357. The average molecular weight is 383 g/mol. The summed E-state index contributed by atoms with van der Waals surface area (Å²) in [7, 11) is 0. The number of aromatic amines is 1. The van der Waals surface area contributed by atoms with E-state index < -0.39 is 0 Å². The van der Waals surface area contributed by atoms with Crippen molar-refractivity contribution in [1.29, 1.82) is 0 Å². The first-order valence-corrected chi connectivity index (χ1v) is 8.71. The molecule has 3 rings (SSSR count).